The fraction of sp³-hybridized carbons (Fsp3) is 0.375. The first kappa shape index (κ1) is 15.4. The number of aromatic nitrogens is 1. The van der Waals surface area contributed by atoms with Crippen LogP contribution in [0.3, 0.4) is 0 Å². The predicted octanol–water partition coefficient (Wildman–Crippen LogP) is 4.94. The highest BCUT2D eigenvalue weighted by Crippen LogP contribution is 2.26. The molecular weight excluding hydrogens is 334 g/mol. The molecule has 0 aliphatic carbocycles. The smallest absolute Gasteiger partial charge is 0.170 e. The first-order valence-electron chi connectivity index (χ1n) is 6.52. The Morgan fingerprint density at radius 3 is 2.65 bits per heavy atom. The van der Waals surface area contributed by atoms with E-state index in [1.165, 1.54) is 0 Å². The molecule has 0 spiro atoms. The van der Waals surface area contributed by atoms with Gasteiger partial charge in [-0.2, -0.15) is 0 Å². The predicted molar refractivity (Wildman–Crippen MR) is 87.7 cm³/mol. The molecule has 0 unspecified atom stereocenters. The molecule has 0 bridgehead atoms. The molecular formula is C16H18BrNOS. The van der Waals surface area contributed by atoms with E-state index in [0.717, 1.165) is 26.3 Å². The molecule has 0 fully saturated rings. The van der Waals surface area contributed by atoms with Crippen molar-refractivity contribution in [3.8, 4) is 0 Å². The summed E-state index contributed by atoms with van der Waals surface area (Å²) in [5.74, 6) is 0.107. The van der Waals surface area contributed by atoms with Crippen LogP contribution in [0.1, 0.15) is 47.4 Å². The molecule has 0 aliphatic heterocycles. The number of carbonyl (C=O) groups excluding carboxylic acids is 1. The van der Waals surface area contributed by atoms with Crippen molar-refractivity contribution >= 4 is 33.0 Å². The lowest BCUT2D eigenvalue weighted by Gasteiger charge is -2.14. The fourth-order valence-corrected chi connectivity index (χ4v) is 3.34. The Hall–Kier alpha value is -1.00. The van der Waals surface area contributed by atoms with Crippen molar-refractivity contribution in [2.45, 2.75) is 39.5 Å². The van der Waals surface area contributed by atoms with Crippen LogP contribution < -0.4 is 0 Å². The Morgan fingerprint density at radius 1 is 1.35 bits per heavy atom. The second-order valence-electron chi connectivity index (χ2n) is 5.91. The first-order chi connectivity index (χ1) is 9.29. The van der Waals surface area contributed by atoms with Gasteiger partial charge in [0.1, 0.15) is 5.01 Å². The van der Waals surface area contributed by atoms with E-state index in [9.17, 15) is 4.79 Å². The summed E-state index contributed by atoms with van der Waals surface area (Å²) >= 11 is 5.06. The molecule has 2 aromatic rings. The number of halogens is 1. The van der Waals surface area contributed by atoms with Crippen LogP contribution in [0.4, 0.5) is 0 Å². The Morgan fingerprint density at radius 2 is 2.05 bits per heavy atom. The summed E-state index contributed by atoms with van der Waals surface area (Å²) in [5, 5.41) is 2.93. The lowest BCUT2D eigenvalue weighted by Crippen LogP contribution is -2.12. The molecule has 20 heavy (non-hydrogen) atoms. The number of Topliss-reactive ketones (excluding diaryl/α,β-unsaturated/α-hetero) is 1. The van der Waals surface area contributed by atoms with Crippen molar-refractivity contribution < 1.29 is 4.79 Å². The zero-order chi connectivity index (χ0) is 14.9. The zero-order valence-corrected chi connectivity index (χ0v) is 14.6. The fourth-order valence-electron chi connectivity index (χ4n) is 1.83. The van der Waals surface area contributed by atoms with E-state index in [-0.39, 0.29) is 11.2 Å². The van der Waals surface area contributed by atoms with E-state index in [0.29, 0.717) is 6.42 Å². The maximum Gasteiger partial charge on any atom is 0.170 e. The van der Waals surface area contributed by atoms with E-state index in [1.54, 1.807) is 11.3 Å². The molecule has 2 nitrogen and oxygen atoms in total. The van der Waals surface area contributed by atoms with Gasteiger partial charge in [0.25, 0.3) is 0 Å². The van der Waals surface area contributed by atoms with E-state index >= 15 is 0 Å². The molecule has 0 amide bonds. The second-order valence-corrected chi connectivity index (χ2v) is 7.65. The zero-order valence-electron chi connectivity index (χ0n) is 12.2. The van der Waals surface area contributed by atoms with Gasteiger partial charge in [-0.05, 0) is 28.4 Å². The van der Waals surface area contributed by atoms with Crippen LogP contribution in [0.15, 0.2) is 28.1 Å². The molecule has 0 aliphatic rings. The molecule has 1 aromatic heterocycles. The molecule has 2 rings (SSSR count). The van der Waals surface area contributed by atoms with Crippen molar-refractivity contribution in [2.24, 2.45) is 0 Å². The summed E-state index contributed by atoms with van der Waals surface area (Å²) in [5.41, 5.74) is 2.89. The van der Waals surface area contributed by atoms with Gasteiger partial charge >= 0.3 is 0 Å². The highest BCUT2D eigenvalue weighted by molar-refractivity contribution is 9.10. The van der Waals surface area contributed by atoms with Crippen molar-refractivity contribution in [3.05, 3.63) is 49.9 Å². The number of nitrogens with zero attached hydrogens (tertiary/aromatic N) is 1. The van der Waals surface area contributed by atoms with Crippen LogP contribution >= 0.6 is 27.3 Å². The minimum atomic E-state index is 0.0295. The molecule has 4 heteroatoms. The maximum atomic E-state index is 12.4. The van der Waals surface area contributed by atoms with Gasteiger partial charge in [-0.3, -0.25) is 4.79 Å². The quantitative estimate of drug-likeness (QED) is 0.733. The topological polar surface area (TPSA) is 30.0 Å². The molecule has 0 saturated carbocycles. The SMILES string of the molecule is Cc1cccc(C(=O)Cc2nc(C(C)(C)C)cs2)c1Br. The van der Waals surface area contributed by atoms with Crippen LogP contribution in [0.25, 0.3) is 0 Å². The summed E-state index contributed by atoms with van der Waals surface area (Å²) in [6, 6.07) is 5.76. The number of carbonyl (C=O) groups is 1. The lowest BCUT2D eigenvalue weighted by atomic mass is 9.93. The number of hydrogen-bond acceptors (Lipinski definition) is 3. The van der Waals surface area contributed by atoms with Gasteiger partial charge in [0.05, 0.1) is 12.1 Å². The first-order valence-corrected chi connectivity index (χ1v) is 8.19. The third-order valence-electron chi connectivity index (χ3n) is 3.12. The van der Waals surface area contributed by atoms with Crippen LogP contribution in [-0.4, -0.2) is 10.8 Å². The average Bonchev–Trinajstić information content (AvgIpc) is 2.81. The van der Waals surface area contributed by atoms with Gasteiger partial charge in [-0.25, -0.2) is 4.98 Å². The second kappa shape index (κ2) is 5.78. The van der Waals surface area contributed by atoms with Crippen molar-refractivity contribution in [1.82, 2.24) is 4.98 Å². The highest BCUT2D eigenvalue weighted by Gasteiger charge is 2.19. The average molecular weight is 352 g/mol. The van der Waals surface area contributed by atoms with Gasteiger partial charge < -0.3 is 0 Å². The Labute approximate surface area is 132 Å². The number of ketones is 1. The number of aryl methyl sites for hydroxylation is 1. The van der Waals surface area contributed by atoms with Crippen LogP contribution in [0.2, 0.25) is 0 Å². The van der Waals surface area contributed by atoms with E-state index < -0.39 is 0 Å². The summed E-state index contributed by atoms with van der Waals surface area (Å²) in [4.78, 5) is 17.0. The van der Waals surface area contributed by atoms with Gasteiger partial charge in [-0.15, -0.1) is 11.3 Å². The Balaban J connectivity index is 2.20. The van der Waals surface area contributed by atoms with Crippen LogP contribution in [0, 0.1) is 6.92 Å². The van der Waals surface area contributed by atoms with Gasteiger partial charge in [0, 0.05) is 20.8 Å². The van der Waals surface area contributed by atoms with E-state index in [1.807, 2.05) is 30.5 Å². The lowest BCUT2D eigenvalue weighted by molar-refractivity contribution is 0.0992. The minimum Gasteiger partial charge on any atom is -0.294 e. The molecule has 0 N–H and O–H groups in total. The van der Waals surface area contributed by atoms with Gasteiger partial charge in [-0.1, -0.05) is 39.0 Å². The molecule has 1 heterocycles. The third kappa shape index (κ3) is 3.36. The molecule has 1 aromatic carbocycles. The normalized spacial score (nSPS) is 11.7. The van der Waals surface area contributed by atoms with Crippen molar-refractivity contribution in [1.29, 1.82) is 0 Å². The van der Waals surface area contributed by atoms with E-state index in [4.69, 9.17) is 0 Å². The number of thiazole rings is 1. The van der Waals surface area contributed by atoms with Gasteiger partial charge in [0.15, 0.2) is 5.78 Å². The van der Waals surface area contributed by atoms with Gasteiger partial charge in [0.2, 0.25) is 0 Å². The highest BCUT2D eigenvalue weighted by atomic mass is 79.9. The largest absolute Gasteiger partial charge is 0.294 e. The van der Waals surface area contributed by atoms with E-state index in [2.05, 4.69) is 41.7 Å². The molecule has 0 radical (unpaired) electrons. The molecule has 106 valence electrons. The van der Waals surface area contributed by atoms with Crippen molar-refractivity contribution in [2.75, 3.05) is 0 Å². The third-order valence-corrected chi connectivity index (χ3v) is 5.03. The molecule has 0 atom stereocenters. The number of benzene rings is 1. The standard InChI is InChI=1S/C16H18BrNOS/c1-10-6-5-7-11(15(10)17)12(19)8-14-18-13(9-20-14)16(2,3)4/h5-7,9H,8H2,1-4H3. The summed E-state index contributed by atoms with van der Waals surface area (Å²) in [6.45, 7) is 8.38. The Kier molecular flexibility index (Phi) is 4.45. The van der Waals surface area contributed by atoms with Crippen LogP contribution in [0.5, 0.6) is 0 Å². The molecule has 0 saturated heterocycles. The summed E-state index contributed by atoms with van der Waals surface area (Å²) in [6.07, 6.45) is 0.364. The maximum absolute atomic E-state index is 12.4. The number of hydrogen-bond donors (Lipinski definition) is 0. The minimum absolute atomic E-state index is 0.0295. The number of rotatable bonds is 3. The monoisotopic (exact) mass is 351 g/mol. The Bertz CT molecular complexity index is 640. The van der Waals surface area contributed by atoms with Crippen LogP contribution in [-0.2, 0) is 11.8 Å². The van der Waals surface area contributed by atoms with Crippen molar-refractivity contribution in [3.63, 3.8) is 0 Å². The summed E-state index contributed by atoms with van der Waals surface area (Å²) < 4.78 is 0.887. The summed E-state index contributed by atoms with van der Waals surface area (Å²) in [7, 11) is 0.